The first kappa shape index (κ1) is 16.8. The molecule has 7 heteroatoms. The number of carbonyl (C=O) groups is 2. The van der Waals surface area contributed by atoms with E-state index in [0.29, 0.717) is 13.2 Å². The minimum absolute atomic E-state index is 0.0936. The Labute approximate surface area is 106 Å². The normalized spacial score (nSPS) is 13.9. The number of hydrogen-bond acceptors (Lipinski definition) is 5. The summed E-state index contributed by atoms with van der Waals surface area (Å²) in [5, 5.41) is 11.4. The van der Waals surface area contributed by atoms with Gasteiger partial charge in [-0.15, -0.1) is 0 Å². The molecule has 0 rings (SSSR count). The number of carboxylic acid groups (broad SMARTS) is 1. The minimum atomic E-state index is -1.42. The molecule has 18 heavy (non-hydrogen) atoms. The van der Waals surface area contributed by atoms with Crippen molar-refractivity contribution in [2.75, 3.05) is 40.6 Å². The van der Waals surface area contributed by atoms with Gasteiger partial charge >= 0.3 is 5.97 Å². The summed E-state index contributed by atoms with van der Waals surface area (Å²) in [5.41, 5.74) is -1.42. The molecule has 0 fully saturated rings. The van der Waals surface area contributed by atoms with Gasteiger partial charge in [0.15, 0.2) is 5.54 Å². The molecular formula is C11H21NO6. The average molecular weight is 263 g/mol. The highest BCUT2D eigenvalue weighted by atomic mass is 16.5. The Morgan fingerprint density at radius 2 is 1.83 bits per heavy atom. The topological polar surface area (TPSA) is 94.1 Å². The fraction of sp³-hybridized carbons (Fsp3) is 0.818. The van der Waals surface area contributed by atoms with Crippen LogP contribution >= 0.6 is 0 Å². The fourth-order valence-corrected chi connectivity index (χ4v) is 1.22. The van der Waals surface area contributed by atoms with Crippen LogP contribution in [0.3, 0.4) is 0 Å². The zero-order valence-corrected chi connectivity index (χ0v) is 11.0. The SMILES string of the molecule is COCCOCCC(=O)NC(C)(COC)C(=O)O. The summed E-state index contributed by atoms with van der Waals surface area (Å²) in [4.78, 5) is 22.5. The molecule has 0 aromatic rings. The van der Waals surface area contributed by atoms with Crippen molar-refractivity contribution in [2.24, 2.45) is 0 Å². The first-order valence-corrected chi connectivity index (χ1v) is 5.56. The van der Waals surface area contributed by atoms with Gasteiger partial charge in [0.25, 0.3) is 0 Å². The highest BCUT2D eigenvalue weighted by Gasteiger charge is 2.34. The van der Waals surface area contributed by atoms with Crippen molar-refractivity contribution in [1.82, 2.24) is 5.32 Å². The molecule has 1 atom stereocenters. The van der Waals surface area contributed by atoms with Crippen molar-refractivity contribution in [3.63, 3.8) is 0 Å². The fourth-order valence-electron chi connectivity index (χ4n) is 1.22. The van der Waals surface area contributed by atoms with Crippen LogP contribution < -0.4 is 5.32 Å². The second-order valence-electron chi connectivity index (χ2n) is 3.97. The van der Waals surface area contributed by atoms with Crippen molar-refractivity contribution in [3.8, 4) is 0 Å². The van der Waals surface area contributed by atoms with Gasteiger partial charge in [0.05, 0.1) is 26.4 Å². The Kier molecular flexibility index (Phi) is 8.27. The number of aliphatic carboxylic acids is 1. The monoisotopic (exact) mass is 263 g/mol. The molecule has 106 valence electrons. The molecule has 0 saturated carbocycles. The third kappa shape index (κ3) is 6.53. The Morgan fingerprint density at radius 3 is 2.33 bits per heavy atom. The Balaban J connectivity index is 4.00. The first-order chi connectivity index (χ1) is 8.46. The molecule has 1 amide bonds. The number of ether oxygens (including phenoxy) is 3. The van der Waals surface area contributed by atoms with E-state index in [-0.39, 0.29) is 19.6 Å². The Hall–Kier alpha value is -1.18. The van der Waals surface area contributed by atoms with E-state index in [4.69, 9.17) is 19.3 Å². The van der Waals surface area contributed by atoms with Crippen LogP contribution in [0, 0.1) is 0 Å². The number of amides is 1. The van der Waals surface area contributed by atoms with Crippen molar-refractivity contribution in [2.45, 2.75) is 18.9 Å². The minimum Gasteiger partial charge on any atom is -0.479 e. The van der Waals surface area contributed by atoms with E-state index in [0.717, 1.165) is 0 Å². The summed E-state index contributed by atoms with van der Waals surface area (Å²) in [6, 6.07) is 0. The van der Waals surface area contributed by atoms with E-state index in [1.54, 1.807) is 7.11 Å². The molecular weight excluding hydrogens is 242 g/mol. The molecule has 0 spiro atoms. The summed E-state index contributed by atoms with van der Waals surface area (Å²) < 4.78 is 14.7. The molecule has 7 nitrogen and oxygen atoms in total. The van der Waals surface area contributed by atoms with Crippen LogP contribution in [-0.2, 0) is 23.8 Å². The number of carbonyl (C=O) groups excluding carboxylic acids is 1. The maximum Gasteiger partial charge on any atom is 0.331 e. The van der Waals surface area contributed by atoms with Gasteiger partial charge in [-0.2, -0.15) is 0 Å². The first-order valence-electron chi connectivity index (χ1n) is 5.56. The number of carboxylic acids is 1. The van der Waals surface area contributed by atoms with E-state index < -0.39 is 17.4 Å². The lowest BCUT2D eigenvalue weighted by Gasteiger charge is -2.25. The van der Waals surface area contributed by atoms with E-state index in [1.807, 2.05) is 0 Å². The van der Waals surface area contributed by atoms with Crippen LogP contribution in [0.1, 0.15) is 13.3 Å². The average Bonchev–Trinajstić information content (AvgIpc) is 2.28. The number of nitrogens with one attached hydrogen (secondary N) is 1. The lowest BCUT2D eigenvalue weighted by Crippen LogP contribution is -2.55. The van der Waals surface area contributed by atoms with Crippen LogP contribution in [0.2, 0.25) is 0 Å². The van der Waals surface area contributed by atoms with Crippen LogP contribution in [0.15, 0.2) is 0 Å². The molecule has 1 unspecified atom stereocenters. The van der Waals surface area contributed by atoms with Crippen LogP contribution in [0.25, 0.3) is 0 Å². The van der Waals surface area contributed by atoms with Gasteiger partial charge in [-0.25, -0.2) is 4.79 Å². The van der Waals surface area contributed by atoms with E-state index >= 15 is 0 Å². The molecule has 0 aliphatic carbocycles. The molecule has 0 bridgehead atoms. The number of rotatable bonds is 10. The van der Waals surface area contributed by atoms with Gasteiger partial charge in [0.1, 0.15) is 0 Å². The van der Waals surface area contributed by atoms with Crippen LogP contribution in [0.5, 0.6) is 0 Å². The Morgan fingerprint density at radius 1 is 1.17 bits per heavy atom. The third-order valence-electron chi connectivity index (χ3n) is 2.23. The second kappa shape index (κ2) is 8.84. The summed E-state index contributed by atoms with van der Waals surface area (Å²) in [6.07, 6.45) is 0.0936. The van der Waals surface area contributed by atoms with Crippen molar-refractivity contribution >= 4 is 11.9 Å². The van der Waals surface area contributed by atoms with Gasteiger partial charge in [-0.1, -0.05) is 0 Å². The van der Waals surface area contributed by atoms with Crippen molar-refractivity contribution < 1.29 is 28.9 Å². The van der Waals surface area contributed by atoms with E-state index in [2.05, 4.69) is 5.32 Å². The molecule has 0 saturated heterocycles. The predicted octanol–water partition coefficient (Wildman–Crippen LogP) is -0.355. The van der Waals surface area contributed by atoms with E-state index in [1.165, 1.54) is 14.0 Å². The number of methoxy groups -OCH3 is 2. The van der Waals surface area contributed by atoms with Crippen molar-refractivity contribution in [3.05, 3.63) is 0 Å². The summed E-state index contributed by atoms with van der Waals surface area (Å²) in [5.74, 6) is -1.53. The number of hydrogen-bond donors (Lipinski definition) is 2. The molecule has 0 aliphatic heterocycles. The third-order valence-corrected chi connectivity index (χ3v) is 2.23. The quantitative estimate of drug-likeness (QED) is 0.523. The van der Waals surface area contributed by atoms with Gasteiger partial charge in [-0.05, 0) is 6.92 Å². The second-order valence-corrected chi connectivity index (χ2v) is 3.97. The van der Waals surface area contributed by atoms with Gasteiger partial charge in [0, 0.05) is 20.6 Å². The standard InChI is InChI=1S/C11H21NO6/c1-11(8-17-3,10(14)15)12-9(13)4-5-18-7-6-16-2/h4-8H2,1-3H3,(H,12,13)(H,14,15). The van der Waals surface area contributed by atoms with Gasteiger partial charge in [-0.3, -0.25) is 4.79 Å². The highest BCUT2D eigenvalue weighted by Crippen LogP contribution is 2.05. The predicted molar refractivity (Wildman–Crippen MR) is 63.4 cm³/mol. The molecule has 0 aromatic carbocycles. The lowest BCUT2D eigenvalue weighted by atomic mass is 10.0. The maximum atomic E-state index is 11.5. The van der Waals surface area contributed by atoms with Crippen molar-refractivity contribution in [1.29, 1.82) is 0 Å². The maximum absolute atomic E-state index is 11.5. The summed E-state index contributed by atoms with van der Waals surface area (Å²) in [6.45, 7) is 2.37. The molecule has 0 aromatic heterocycles. The zero-order valence-electron chi connectivity index (χ0n) is 11.0. The van der Waals surface area contributed by atoms with Gasteiger partial charge in [0.2, 0.25) is 5.91 Å². The molecule has 0 heterocycles. The van der Waals surface area contributed by atoms with E-state index in [9.17, 15) is 9.59 Å². The smallest absolute Gasteiger partial charge is 0.331 e. The summed E-state index contributed by atoms with van der Waals surface area (Å²) >= 11 is 0. The lowest BCUT2D eigenvalue weighted by molar-refractivity contribution is -0.149. The Bertz CT molecular complexity index is 270. The highest BCUT2D eigenvalue weighted by molar-refractivity contribution is 5.86. The molecule has 0 aliphatic rings. The summed E-state index contributed by atoms with van der Waals surface area (Å²) in [7, 11) is 2.93. The zero-order chi connectivity index (χ0) is 14.0. The molecule has 0 radical (unpaired) electrons. The van der Waals surface area contributed by atoms with Crippen LogP contribution in [-0.4, -0.2) is 63.2 Å². The van der Waals surface area contributed by atoms with Gasteiger partial charge < -0.3 is 24.6 Å². The largest absolute Gasteiger partial charge is 0.479 e. The molecule has 2 N–H and O–H groups in total. The van der Waals surface area contributed by atoms with Crippen LogP contribution in [0.4, 0.5) is 0 Å².